The van der Waals surface area contributed by atoms with E-state index >= 15 is 0 Å². The molecule has 0 unspecified atom stereocenters. The van der Waals surface area contributed by atoms with Crippen LogP contribution in [0.4, 0.5) is 0 Å². The van der Waals surface area contributed by atoms with Crippen molar-refractivity contribution >= 4 is 9.84 Å². The Morgan fingerprint density at radius 1 is 1.69 bits per heavy atom. The average molecular weight is 202 g/mol. The number of nitrogens with two attached hydrogens (primary N) is 1. The van der Waals surface area contributed by atoms with Gasteiger partial charge >= 0.3 is 0 Å². The Morgan fingerprint density at radius 3 is 2.69 bits per heavy atom. The molecule has 0 saturated heterocycles. The summed E-state index contributed by atoms with van der Waals surface area (Å²) < 4.78 is 22.9. The molecular weight excluding hydrogens is 188 g/mol. The lowest BCUT2D eigenvalue weighted by molar-refractivity contribution is 0.553. The Balaban J connectivity index is 2.78. The molecule has 5 heteroatoms. The van der Waals surface area contributed by atoms with E-state index in [1.165, 1.54) is 0 Å². The van der Waals surface area contributed by atoms with Gasteiger partial charge in [-0.05, 0) is 19.3 Å². The zero-order valence-corrected chi connectivity index (χ0v) is 8.47. The molecule has 1 fully saturated rings. The molecule has 1 aliphatic carbocycles. The van der Waals surface area contributed by atoms with Crippen molar-refractivity contribution in [3.05, 3.63) is 0 Å². The molecule has 0 amide bonds. The van der Waals surface area contributed by atoms with Crippen LogP contribution >= 0.6 is 0 Å². The van der Waals surface area contributed by atoms with Crippen molar-refractivity contribution in [2.75, 3.05) is 5.75 Å². The van der Waals surface area contributed by atoms with Crippen LogP contribution in [0.15, 0.2) is 0 Å². The molecule has 0 aromatic carbocycles. The Hall–Kier alpha value is -0.600. The summed E-state index contributed by atoms with van der Waals surface area (Å²) in [6.45, 7) is 1.62. The SMILES string of the molecule is CCS(=O)(=O)[C@H]1CC[C@](N)(C#N)C1. The highest BCUT2D eigenvalue weighted by Crippen LogP contribution is 2.31. The third kappa shape index (κ3) is 2.01. The maximum absolute atomic E-state index is 11.4. The van der Waals surface area contributed by atoms with Gasteiger partial charge in [0.15, 0.2) is 9.84 Å². The molecule has 0 radical (unpaired) electrons. The average Bonchev–Trinajstić information content (AvgIpc) is 2.50. The Bertz CT molecular complexity index is 331. The van der Waals surface area contributed by atoms with Crippen molar-refractivity contribution in [3.63, 3.8) is 0 Å². The summed E-state index contributed by atoms with van der Waals surface area (Å²) in [5.41, 5.74) is 4.76. The van der Waals surface area contributed by atoms with Crippen LogP contribution in [0.1, 0.15) is 26.2 Å². The lowest BCUT2D eigenvalue weighted by Crippen LogP contribution is -2.36. The van der Waals surface area contributed by atoms with E-state index in [0.29, 0.717) is 19.3 Å². The van der Waals surface area contributed by atoms with Crippen LogP contribution in [-0.2, 0) is 9.84 Å². The summed E-state index contributed by atoms with van der Waals surface area (Å²) in [4.78, 5) is 0. The first kappa shape index (κ1) is 10.5. The van der Waals surface area contributed by atoms with Gasteiger partial charge in [-0.2, -0.15) is 5.26 Å². The summed E-state index contributed by atoms with van der Waals surface area (Å²) in [6, 6.07) is 1.98. The van der Waals surface area contributed by atoms with Gasteiger partial charge < -0.3 is 5.73 Å². The smallest absolute Gasteiger partial charge is 0.153 e. The van der Waals surface area contributed by atoms with Crippen LogP contribution in [0.25, 0.3) is 0 Å². The Kier molecular flexibility index (Phi) is 2.64. The highest BCUT2D eigenvalue weighted by molar-refractivity contribution is 7.92. The molecule has 2 N–H and O–H groups in total. The molecule has 0 aliphatic heterocycles. The first-order chi connectivity index (χ1) is 5.93. The molecule has 1 saturated carbocycles. The highest BCUT2D eigenvalue weighted by atomic mass is 32.2. The van der Waals surface area contributed by atoms with E-state index in [2.05, 4.69) is 0 Å². The number of rotatable bonds is 2. The van der Waals surface area contributed by atoms with Gasteiger partial charge in [-0.1, -0.05) is 6.92 Å². The molecular formula is C8H14N2O2S. The van der Waals surface area contributed by atoms with E-state index in [4.69, 9.17) is 11.0 Å². The topological polar surface area (TPSA) is 83.9 Å². The number of nitriles is 1. The summed E-state index contributed by atoms with van der Waals surface area (Å²) in [7, 11) is -3.01. The molecule has 1 rings (SSSR count). The van der Waals surface area contributed by atoms with Gasteiger partial charge in [0.2, 0.25) is 0 Å². The maximum Gasteiger partial charge on any atom is 0.153 e. The monoisotopic (exact) mass is 202 g/mol. The van der Waals surface area contributed by atoms with Crippen molar-refractivity contribution in [1.82, 2.24) is 0 Å². The molecule has 13 heavy (non-hydrogen) atoms. The van der Waals surface area contributed by atoms with Gasteiger partial charge in [0, 0.05) is 5.75 Å². The summed E-state index contributed by atoms with van der Waals surface area (Å²) in [5, 5.41) is 8.31. The molecule has 2 atom stereocenters. The lowest BCUT2D eigenvalue weighted by Gasteiger charge is -2.13. The van der Waals surface area contributed by atoms with Crippen molar-refractivity contribution in [3.8, 4) is 6.07 Å². The van der Waals surface area contributed by atoms with Crippen molar-refractivity contribution < 1.29 is 8.42 Å². The number of hydrogen-bond acceptors (Lipinski definition) is 4. The molecule has 1 aliphatic rings. The first-order valence-corrected chi connectivity index (χ1v) is 6.07. The Labute approximate surface area is 78.6 Å². The largest absolute Gasteiger partial charge is 0.313 e. The highest BCUT2D eigenvalue weighted by Gasteiger charge is 2.41. The fourth-order valence-electron chi connectivity index (χ4n) is 1.67. The minimum absolute atomic E-state index is 0.138. The van der Waals surface area contributed by atoms with Gasteiger partial charge in [-0.25, -0.2) is 8.42 Å². The number of sulfone groups is 1. The van der Waals surface area contributed by atoms with Crippen LogP contribution in [0.2, 0.25) is 0 Å². The quantitative estimate of drug-likeness (QED) is 0.693. The van der Waals surface area contributed by atoms with Crippen LogP contribution in [0.3, 0.4) is 0 Å². The van der Waals surface area contributed by atoms with Crippen LogP contribution in [0.5, 0.6) is 0 Å². The zero-order chi connectivity index (χ0) is 10.1. The minimum atomic E-state index is -3.01. The molecule has 0 aromatic rings. The van der Waals surface area contributed by atoms with Crippen molar-refractivity contribution in [2.24, 2.45) is 5.73 Å². The maximum atomic E-state index is 11.4. The molecule has 0 heterocycles. The second-order valence-electron chi connectivity index (χ2n) is 3.58. The van der Waals surface area contributed by atoms with E-state index in [0.717, 1.165) is 0 Å². The molecule has 0 spiro atoms. The van der Waals surface area contributed by atoms with E-state index in [-0.39, 0.29) is 5.75 Å². The fraction of sp³-hybridized carbons (Fsp3) is 0.875. The molecule has 74 valence electrons. The summed E-state index contributed by atoms with van der Waals surface area (Å²) in [6.07, 6.45) is 1.31. The number of nitrogens with zero attached hydrogens (tertiary/aromatic N) is 1. The van der Waals surface area contributed by atoms with Crippen LogP contribution < -0.4 is 5.73 Å². The lowest BCUT2D eigenvalue weighted by atomic mass is 10.0. The number of hydrogen-bond donors (Lipinski definition) is 1. The van der Waals surface area contributed by atoms with E-state index in [1.807, 2.05) is 6.07 Å². The van der Waals surface area contributed by atoms with Crippen LogP contribution in [-0.4, -0.2) is 25.0 Å². The predicted molar refractivity (Wildman–Crippen MR) is 49.6 cm³/mol. The summed E-state index contributed by atoms with van der Waals surface area (Å²) >= 11 is 0. The third-order valence-electron chi connectivity index (χ3n) is 2.64. The zero-order valence-electron chi connectivity index (χ0n) is 7.66. The first-order valence-electron chi connectivity index (χ1n) is 4.35. The predicted octanol–water partition coefficient (Wildman–Crippen LogP) is 0.195. The standard InChI is InChI=1S/C8H14N2O2S/c1-2-13(11,12)7-3-4-8(10,5-7)6-9/h7H,2-5,10H2,1H3/t7-,8+/m0/s1. The second kappa shape index (κ2) is 3.28. The van der Waals surface area contributed by atoms with Gasteiger partial charge in [-0.3, -0.25) is 0 Å². The van der Waals surface area contributed by atoms with Gasteiger partial charge in [0.05, 0.1) is 11.3 Å². The molecule has 0 aromatic heterocycles. The van der Waals surface area contributed by atoms with E-state index < -0.39 is 20.6 Å². The summed E-state index contributed by atoms with van der Waals surface area (Å²) in [5.74, 6) is 0.138. The minimum Gasteiger partial charge on any atom is -0.313 e. The molecule has 0 bridgehead atoms. The van der Waals surface area contributed by atoms with Gasteiger partial charge in [0.25, 0.3) is 0 Å². The fourth-order valence-corrected chi connectivity index (χ4v) is 3.17. The molecule has 4 nitrogen and oxygen atoms in total. The third-order valence-corrected chi connectivity index (χ3v) is 4.86. The Morgan fingerprint density at radius 2 is 2.31 bits per heavy atom. The second-order valence-corrected chi connectivity index (χ2v) is 6.15. The van der Waals surface area contributed by atoms with Gasteiger partial charge in [-0.15, -0.1) is 0 Å². The van der Waals surface area contributed by atoms with E-state index in [1.54, 1.807) is 6.92 Å². The van der Waals surface area contributed by atoms with Crippen molar-refractivity contribution in [1.29, 1.82) is 5.26 Å². The van der Waals surface area contributed by atoms with Gasteiger partial charge in [0.1, 0.15) is 5.54 Å². The van der Waals surface area contributed by atoms with Crippen LogP contribution in [0, 0.1) is 11.3 Å². The van der Waals surface area contributed by atoms with Crippen molar-refractivity contribution in [2.45, 2.75) is 37.0 Å². The normalized spacial score (nSPS) is 34.4. The van der Waals surface area contributed by atoms with E-state index in [9.17, 15) is 8.42 Å².